The third-order valence-electron chi connectivity index (χ3n) is 4.90. The quantitative estimate of drug-likeness (QED) is 0.493. The molecule has 0 atom stereocenters. The molecule has 4 aromatic rings. The third kappa shape index (κ3) is 3.24. The van der Waals surface area contributed by atoms with Crippen LogP contribution in [0, 0.1) is 20.8 Å². The zero-order valence-corrected chi connectivity index (χ0v) is 15.8. The van der Waals surface area contributed by atoms with Gasteiger partial charge in [-0.3, -0.25) is 0 Å². The number of aromatic nitrogens is 3. The first kappa shape index (κ1) is 17.1. The fourth-order valence-electron chi connectivity index (χ4n) is 3.41. The maximum absolute atomic E-state index is 5.89. The molecule has 0 aliphatic rings. The van der Waals surface area contributed by atoms with Gasteiger partial charge in [-0.25, -0.2) is 4.98 Å². The molecule has 2 heterocycles. The number of hydrogen-bond acceptors (Lipinski definition) is 4. The van der Waals surface area contributed by atoms with E-state index in [1.165, 1.54) is 27.6 Å². The van der Waals surface area contributed by atoms with Crippen molar-refractivity contribution in [1.29, 1.82) is 0 Å². The molecule has 4 N–H and O–H groups in total. The van der Waals surface area contributed by atoms with Crippen molar-refractivity contribution >= 4 is 22.7 Å². The molecule has 4 rings (SSSR count). The van der Waals surface area contributed by atoms with E-state index in [-0.39, 0.29) is 0 Å². The Balaban J connectivity index is 1.73. The molecule has 0 fully saturated rings. The molecule has 0 aliphatic carbocycles. The Morgan fingerprint density at radius 3 is 2.59 bits per heavy atom. The van der Waals surface area contributed by atoms with Crippen molar-refractivity contribution in [2.24, 2.45) is 0 Å². The van der Waals surface area contributed by atoms with Crippen molar-refractivity contribution in [1.82, 2.24) is 15.0 Å². The van der Waals surface area contributed by atoms with Crippen LogP contribution in [0.25, 0.3) is 22.2 Å². The molecule has 136 valence electrons. The molecule has 0 spiro atoms. The average Bonchev–Trinajstić information content (AvgIpc) is 3.00. The molecule has 0 aliphatic heterocycles. The summed E-state index contributed by atoms with van der Waals surface area (Å²) in [6.45, 7) is 6.81. The van der Waals surface area contributed by atoms with Crippen molar-refractivity contribution in [2.45, 2.75) is 27.3 Å². The smallest absolute Gasteiger partial charge is 0.224 e. The maximum Gasteiger partial charge on any atom is 0.224 e. The molecule has 0 radical (unpaired) electrons. The van der Waals surface area contributed by atoms with Crippen LogP contribution < -0.4 is 11.1 Å². The van der Waals surface area contributed by atoms with Crippen LogP contribution in [0.2, 0.25) is 0 Å². The number of aryl methyl sites for hydroxylation is 3. The minimum Gasteiger partial charge on any atom is -0.383 e. The number of H-pyrrole nitrogens is 1. The van der Waals surface area contributed by atoms with Gasteiger partial charge in [-0.1, -0.05) is 42.0 Å². The largest absolute Gasteiger partial charge is 0.383 e. The molecule has 27 heavy (non-hydrogen) atoms. The van der Waals surface area contributed by atoms with Gasteiger partial charge in [0.2, 0.25) is 5.95 Å². The van der Waals surface area contributed by atoms with Gasteiger partial charge in [0.1, 0.15) is 5.82 Å². The van der Waals surface area contributed by atoms with Crippen LogP contribution in [-0.2, 0) is 6.54 Å². The van der Waals surface area contributed by atoms with E-state index in [9.17, 15) is 0 Å². The molecule has 0 saturated heterocycles. The minimum atomic E-state index is 0.504. The number of hydrogen-bond donors (Lipinski definition) is 3. The standard InChI is InChI=1S/C22H23N5/c1-13-9-17(12-25-22-24-11-14(2)21(23)27-22)20-18(10-13)15(3)19(26-20)16-7-5-4-6-8-16/h4-11,26H,12H2,1-3H3,(H3,23,24,25,27). The maximum atomic E-state index is 5.89. The normalized spacial score (nSPS) is 11.1. The molecule has 5 nitrogen and oxygen atoms in total. The molecular formula is C22H23N5. The fraction of sp³-hybridized carbons (Fsp3) is 0.182. The Hall–Kier alpha value is -3.34. The highest BCUT2D eigenvalue weighted by atomic mass is 15.1. The average molecular weight is 357 g/mol. The number of nitrogens with one attached hydrogen (secondary N) is 2. The molecule has 0 unspecified atom stereocenters. The number of benzene rings is 2. The number of nitrogens with zero attached hydrogens (tertiary/aromatic N) is 2. The summed E-state index contributed by atoms with van der Waals surface area (Å²) in [7, 11) is 0. The van der Waals surface area contributed by atoms with E-state index in [1.807, 2.05) is 13.0 Å². The minimum absolute atomic E-state index is 0.504. The summed E-state index contributed by atoms with van der Waals surface area (Å²) in [4.78, 5) is 12.2. The first-order valence-electron chi connectivity index (χ1n) is 9.03. The van der Waals surface area contributed by atoms with Crippen LogP contribution in [-0.4, -0.2) is 15.0 Å². The molecule has 0 amide bonds. The Bertz CT molecular complexity index is 1110. The SMILES string of the molecule is Cc1cc(CNc2ncc(C)c(N)n2)c2[nH]c(-c3ccccc3)c(C)c2c1. The number of nitrogen functional groups attached to an aromatic ring is 1. The van der Waals surface area contributed by atoms with Gasteiger partial charge in [0.05, 0.1) is 5.52 Å². The lowest BCUT2D eigenvalue weighted by Crippen LogP contribution is -2.06. The summed E-state index contributed by atoms with van der Waals surface area (Å²) in [6.07, 6.45) is 1.74. The summed E-state index contributed by atoms with van der Waals surface area (Å²) in [5.41, 5.74) is 13.9. The summed E-state index contributed by atoms with van der Waals surface area (Å²) < 4.78 is 0. The Morgan fingerprint density at radius 2 is 1.85 bits per heavy atom. The van der Waals surface area contributed by atoms with Crippen molar-refractivity contribution in [2.75, 3.05) is 11.1 Å². The third-order valence-corrected chi connectivity index (χ3v) is 4.90. The van der Waals surface area contributed by atoms with Gasteiger partial charge in [-0.15, -0.1) is 0 Å². The summed E-state index contributed by atoms with van der Waals surface area (Å²) >= 11 is 0. The van der Waals surface area contributed by atoms with Crippen molar-refractivity contribution < 1.29 is 0 Å². The predicted octanol–water partition coefficient (Wildman–Crippen LogP) is 4.74. The Labute approximate surface area is 158 Å². The Morgan fingerprint density at radius 1 is 1.07 bits per heavy atom. The van der Waals surface area contributed by atoms with E-state index in [0.29, 0.717) is 18.3 Å². The second-order valence-corrected chi connectivity index (χ2v) is 6.95. The lowest BCUT2D eigenvalue weighted by molar-refractivity contribution is 1.05. The molecule has 2 aromatic heterocycles. The lowest BCUT2D eigenvalue weighted by Gasteiger charge is -2.09. The Kier molecular flexibility index (Phi) is 4.28. The second-order valence-electron chi connectivity index (χ2n) is 6.95. The summed E-state index contributed by atoms with van der Waals surface area (Å²) in [6, 6.07) is 14.8. The van der Waals surface area contributed by atoms with Gasteiger partial charge < -0.3 is 16.0 Å². The summed E-state index contributed by atoms with van der Waals surface area (Å²) in [5.74, 6) is 1.04. The number of fused-ring (bicyclic) bond motifs is 1. The second kappa shape index (κ2) is 6.76. The van der Waals surface area contributed by atoms with E-state index >= 15 is 0 Å². The lowest BCUT2D eigenvalue weighted by atomic mass is 10.0. The van der Waals surface area contributed by atoms with Crippen LogP contribution in [0.4, 0.5) is 11.8 Å². The molecule has 2 aromatic carbocycles. The zero-order chi connectivity index (χ0) is 19.0. The highest BCUT2D eigenvalue weighted by Crippen LogP contribution is 2.32. The predicted molar refractivity (Wildman–Crippen MR) is 112 cm³/mol. The van der Waals surface area contributed by atoms with Crippen molar-refractivity contribution in [3.63, 3.8) is 0 Å². The van der Waals surface area contributed by atoms with Crippen molar-refractivity contribution in [3.8, 4) is 11.3 Å². The van der Waals surface area contributed by atoms with Crippen LogP contribution in [0.1, 0.15) is 22.3 Å². The first-order valence-corrected chi connectivity index (χ1v) is 9.03. The van der Waals surface area contributed by atoms with E-state index in [2.05, 4.69) is 70.5 Å². The van der Waals surface area contributed by atoms with Gasteiger partial charge in [0.15, 0.2) is 0 Å². The van der Waals surface area contributed by atoms with Crippen LogP contribution in [0.15, 0.2) is 48.7 Å². The van der Waals surface area contributed by atoms with Gasteiger partial charge in [-0.2, -0.15) is 4.98 Å². The molecule has 0 bridgehead atoms. The zero-order valence-electron chi connectivity index (χ0n) is 15.8. The van der Waals surface area contributed by atoms with E-state index in [1.54, 1.807) is 6.20 Å². The molecular weight excluding hydrogens is 334 g/mol. The van der Waals surface area contributed by atoms with E-state index in [4.69, 9.17) is 5.73 Å². The van der Waals surface area contributed by atoms with Gasteiger partial charge in [-0.05, 0) is 43.5 Å². The molecule has 5 heteroatoms. The number of aromatic amines is 1. The highest BCUT2D eigenvalue weighted by Gasteiger charge is 2.13. The van der Waals surface area contributed by atoms with Gasteiger partial charge in [0, 0.05) is 29.4 Å². The van der Waals surface area contributed by atoms with Crippen LogP contribution in [0.5, 0.6) is 0 Å². The summed E-state index contributed by atoms with van der Waals surface area (Å²) in [5, 5.41) is 4.54. The first-order chi connectivity index (χ1) is 13.0. The van der Waals surface area contributed by atoms with E-state index in [0.717, 1.165) is 16.8 Å². The van der Waals surface area contributed by atoms with Gasteiger partial charge in [0.25, 0.3) is 0 Å². The monoisotopic (exact) mass is 357 g/mol. The molecule has 0 saturated carbocycles. The fourth-order valence-corrected chi connectivity index (χ4v) is 3.41. The number of nitrogens with two attached hydrogens (primary N) is 1. The van der Waals surface area contributed by atoms with Crippen LogP contribution in [0.3, 0.4) is 0 Å². The highest BCUT2D eigenvalue weighted by molar-refractivity contribution is 5.93. The number of anilines is 2. The van der Waals surface area contributed by atoms with Crippen LogP contribution >= 0.6 is 0 Å². The van der Waals surface area contributed by atoms with Gasteiger partial charge >= 0.3 is 0 Å². The van der Waals surface area contributed by atoms with Crippen molar-refractivity contribution in [3.05, 3.63) is 70.9 Å². The van der Waals surface area contributed by atoms with E-state index < -0.39 is 0 Å². The topological polar surface area (TPSA) is 79.6 Å². The number of rotatable bonds is 4.